The summed E-state index contributed by atoms with van der Waals surface area (Å²) in [5.74, 6) is 0. The van der Waals surface area contributed by atoms with E-state index in [0.29, 0.717) is 0 Å². The van der Waals surface area contributed by atoms with Gasteiger partial charge in [-0.25, -0.2) is 0 Å². The fourth-order valence-corrected chi connectivity index (χ4v) is 0. The molecule has 0 aromatic rings. The summed E-state index contributed by atoms with van der Waals surface area (Å²) < 4.78 is 31.6. The molecule has 0 aliphatic rings. The van der Waals surface area contributed by atoms with Crippen molar-refractivity contribution in [2.24, 2.45) is 0 Å². The van der Waals surface area contributed by atoms with Gasteiger partial charge < -0.3 is 0 Å². The molecule has 0 bridgehead atoms. The van der Waals surface area contributed by atoms with Gasteiger partial charge in [0.15, 0.2) is 0 Å². The number of hydrogen-bond acceptors (Lipinski definition) is 2. The van der Waals surface area contributed by atoms with Gasteiger partial charge in [0.25, 0.3) is 0 Å². The van der Waals surface area contributed by atoms with Gasteiger partial charge in [-0.15, -0.1) is 0 Å². The van der Waals surface area contributed by atoms with Gasteiger partial charge >= 0.3 is 47.8 Å². The molecule has 7 heteroatoms. The third-order valence-electron chi connectivity index (χ3n) is 0. The van der Waals surface area contributed by atoms with Gasteiger partial charge in [0.2, 0.25) is 0 Å². The van der Waals surface area contributed by atoms with Crippen molar-refractivity contribution in [3.63, 3.8) is 0 Å². The third kappa shape index (κ3) is 163. The summed E-state index contributed by atoms with van der Waals surface area (Å²) in [7, 11) is -4.67. The molecule has 0 aliphatic heterocycles. The zero-order valence-corrected chi connectivity index (χ0v) is 8.93. The fourth-order valence-electron chi connectivity index (χ4n) is 0. The first-order chi connectivity index (χ1) is 2.00. The fraction of sp³-hybridized carbons (Fsp3) is 0. The van der Waals surface area contributed by atoms with Crippen molar-refractivity contribution in [1.82, 2.24) is 0 Å². The van der Waals surface area contributed by atoms with Gasteiger partial charge in [-0.1, -0.05) is 0 Å². The van der Waals surface area contributed by atoms with E-state index in [4.69, 9.17) is 17.5 Å². The van der Waals surface area contributed by atoms with Gasteiger partial charge in [0.05, 0.1) is 0 Å². The van der Waals surface area contributed by atoms with Crippen LogP contribution in [-0.4, -0.2) is 35.5 Å². The molecule has 0 aromatic heterocycles. The predicted octanol–water partition coefficient (Wildman–Crippen LogP) is -1.04. The Balaban J connectivity index is -0.0000000800. The molecule has 0 aromatic carbocycles. The second kappa shape index (κ2) is 5.19. The summed E-state index contributed by atoms with van der Waals surface area (Å²) >= 11 is 0. The first-order valence-electron chi connectivity index (χ1n) is 0.698. The monoisotopic (exact) mass is 237 g/mol. The summed E-state index contributed by atoms with van der Waals surface area (Å²) in [5, 5.41) is 0. The average Bonchev–Trinajstić information content (AvgIpc) is 0.722. The van der Waals surface area contributed by atoms with Gasteiger partial charge in [-0.3, -0.25) is 9.11 Å². The molecule has 2 radical (unpaired) electrons. The predicted molar refractivity (Wildman–Crippen MR) is 19.9 cm³/mol. The maximum atomic E-state index is 8.74. The molecule has 0 aliphatic carbocycles. The second-order valence-corrected chi connectivity index (χ2v) is 1.34. The van der Waals surface area contributed by atoms with Crippen molar-refractivity contribution in [2.75, 3.05) is 0 Å². The minimum absolute atomic E-state index is 0. The Hall–Kier alpha value is 1.05. The van der Waals surface area contributed by atoms with Gasteiger partial charge in [-0.2, -0.15) is 8.42 Å². The third-order valence-corrected chi connectivity index (χ3v) is 0. The molecule has 0 atom stereocenters. The quantitative estimate of drug-likeness (QED) is 0.418. The Labute approximate surface area is 65.3 Å². The summed E-state index contributed by atoms with van der Waals surface area (Å²) in [4.78, 5) is 0. The molecule has 34 valence electrons. The van der Waals surface area contributed by atoms with E-state index in [0.717, 1.165) is 0 Å². The Kier molecular flexibility index (Phi) is 11.6. The van der Waals surface area contributed by atoms with Crippen LogP contribution in [0.3, 0.4) is 0 Å². The molecular formula is H2AsO4SZn+5. The van der Waals surface area contributed by atoms with Crippen LogP contribution < -0.4 is 0 Å². The van der Waals surface area contributed by atoms with Crippen LogP contribution in [0.1, 0.15) is 0 Å². The normalized spacial score (nSPS) is 8.29. The van der Waals surface area contributed by atoms with Gasteiger partial charge in [0.1, 0.15) is 0 Å². The minimum Gasteiger partial charge on any atom is -0.264 e. The molecular weight excluding hydrogens is 236 g/mol. The van der Waals surface area contributed by atoms with E-state index in [-0.39, 0.29) is 37.4 Å². The van der Waals surface area contributed by atoms with E-state index >= 15 is 0 Å². The number of rotatable bonds is 0. The van der Waals surface area contributed by atoms with Crippen LogP contribution in [0.25, 0.3) is 0 Å². The van der Waals surface area contributed by atoms with Crippen LogP contribution >= 0.6 is 0 Å². The molecule has 0 heterocycles. The van der Waals surface area contributed by atoms with Crippen LogP contribution in [0.4, 0.5) is 0 Å². The van der Waals surface area contributed by atoms with Crippen LogP contribution in [0.5, 0.6) is 0 Å². The largest absolute Gasteiger partial charge is 3.00 e. The zero-order valence-electron chi connectivity index (χ0n) is 3.27. The molecule has 0 rings (SSSR count). The van der Waals surface area contributed by atoms with E-state index in [1.54, 1.807) is 0 Å². The SMILES string of the molecule is O=S(=O)(O)O.[As+3].[Zn+2]. The Morgan fingerprint density at radius 3 is 1.14 bits per heavy atom. The minimum atomic E-state index is -4.67. The molecule has 0 unspecified atom stereocenters. The summed E-state index contributed by atoms with van der Waals surface area (Å²) in [6.45, 7) is 0. The van der Waals surface area contributed by atoms with Crippen molar-refractivity contribution >= 4 is 28.4 Å². The first kappa shape index (κ1) is 15.7. The van der Waals surface area contributed by atoms with Crippen molar-refractivity contribution < 1.29 is 37.0 Å². The molecule has 0 fully saturated rings. The molecule has 0 amide bonds. The van der Waals surface area contributed by atoms with Crippen molar-refractivity contribution in [2.45, 2.75) is 0 Å². The van der Waals surface area contributed by atoms with E-state index in [9.17, 15) is 0 Å². The Bertz CT molecular complexity index is 94.9. The molecule has 2 N–H and O–H groups in total. The van der Waals surface area contributed by atoms with Crippen LogP contribution in [0.2, 0.25) is 0 Å². The van der Waals surface area contributed by atoms with Crippen LogP contribution in [0.15, 0.2) is 0 Å². The molecule has 4 nitrogen and oxygen atoms in total. The smallest absolute Gasteiger partial charge is 0.264 e. The van der Waals surface area contributed by atoms with E-state index in [1.165, 1.54) is 0 Å². The Morgan fingerprint density at radius 1 is 1.14 bits per heavy atom. The maximum absolute atomic E-state index is 8.74. The summed E-state index contributed by atoms with van der Waals surface area (Å²) in [6.07, 6.45) is 0. The van der Waals surface area contributed by atoms with Crippen molar-refractivity contribution in [1.29, 1.82) is 0 Å². The van der Waals surface area contributed by atoms with Gasteiger partial charge in [-0.05, 0) is 0 Å². The maximum Gasteiger partial charge on any atom is 3.00 e. The summed E-state index contributed by atoms with van der Waals surface area (Å²) in [5.41, 5.74) is 0. The van der Waals surface area contributed by atoms with E-state index in [2.05, 4.69) is 0 Å². The van der Waals surface area contributed by atoms with Gasteiger partial charge in [0, 0.05) is 0 Å². The molecule has 0 saturated heterocycles. The first-order valence-corrected chi connectivity index (χ1v) is 2.10. The zero-order chi connectivity index (χ0) is 4.50. The van der Waals surface area contributed by atoms with Crippen LogP contribution in [-0.2, 0) is 29.9 Å². The van der Waals surface area contributed by atoms with Crippen LogP contribution in [0, 0.1) is 0 Å². The standard InChI is InChI=1S/As.H2O4S.Zn/c;1-5(2,3)4;/h;(H2,1,2,3,4);/q+3;;+2. The van der Waals surface area contributed by atoms with E-state index < -0.39 is 10.4 Å². The molecule has 7 heavy (non-hydrogen) atoms. The van der Waals surface area contributed by atoms with E-state index in [1.807, 2.05) is 0 Å². The summed E-state index contributed by atoms with van der Waals surface area (Å²) in [6, 6.07) is 0. The average molecular weight is 238 g/mol. The van der Waals surface area contributed by atoms with Crippen molar-refractivity contribution in [3.05, 3.63) is 0 Å². The number of hydrogen-bond donors (Lipinski definition) is 2. The second-order valence-electron chi connectivity index (χ2n) is 0.448. The molecule has 0 spiro atoms. The molecule has 0 saturated carbocycles. The Morgan fingerprint density at radius 2 is 1.14 bits per heavy atom. The van der Waals surface area contributed by atoms with Crippen molar-refractivity contribution in [3.8, 4) is 0 Å². The topological polar surface area (TPSA) is 74.6 Å².